The first-order valence-corrected chi connectivity index (χ1v) is 9.28. The molecule has 2 aromatic heterocycles. The molecule has 1 unspecified atom stereocenters. The number of aromatic nitrogens is 4. The van der Waals surface area contributed by atoms with Gasteiger partial charge in [-0.3, -0.25) is 24.1 Å². The van der Waals surface area contributed by atoms with Gasteiger partial charge in [0.15, 0.2) is 0 Å². The van der Waals surface area contributed by atoms with Crippen LogP contribution in [0.1, 0.15) is 22.6 Å². The van der Waals surface area contributed by atoms with Crippen molar-refractivity contribution in [1.29, 1.82) is 0 Å². The SMILES string of the molecule is C=CCn1c([O-])c(C2c3ccccc3Oc3[nH]c(=O)n(CC=C)c(=O)c32)c(=O)[nH]c1=O. The Balaban J connectivity index is 2.14. The van der Waals surface area contributed by atoms with Gasteiger partial charge >= 0.3 is 11.4 Å². The van der Waals surface area contributed by atoms with Crippen molar-refractivity contribution < 1.29 is 9.84 Å². The van der Waals surface area contributed by atoms with Crippen molar-refractivity contribution in [2.24, 2.45) is 0 Å². The van der Waals surface area contributed by atoms with Crippen LogP contribution in [-0.2, 0) is 13.1 Å². The molecule has 0 saturated heterocycles. The van der Waals surface area contributed by atoms with E-state index in [1.54, 1.807) is 24.3 Å². The lowest BCUT2D eigenvalue weighted by Gasteiger charge is -2.30. The Kier molecular flexibility index (Phi) is 4.82. The number of fused-ring (bicyclic) bond motifs is 2. The van der Waals surface area contributed by atoms with Gasteiger partial charge in [-0.15, -0.1) is 13.2 Å². The van der Waals surface area contributed by atoms with Gasteiger partial charge in [0.1, 0.15) is 5.75 Å². The zero-order valence-corrected chi connectivity index (χ0v) is 16.2. The van der Waals surface area contributed by atoms with Gasteiger partial charge in [-0.2, -0.15) is 0 Å². The highest BCUT2D eigenvalue weighted by atomic mass is 16.5. The Bertz CT molecular complexity index is 1450. The monoisotopic (exact) mass is 421 g/mol. The summed E-state index contributed by atoms with van der Waals surface area (Å²) >= 11 is 0. The van der Waals surface area contributed by atoms with Crippen molar-refractivity contribution >= 4 is 0 Å². The summed E-state index contributed by atoms with van der Waals surface area (Å²) in [7, 11) is 0. The molecule has 3 aromatic rings. The van der Waals surface area contributed by atoms with Crippen molar-refractivity contribution in [1.82, 2.24) is 19.1 Å². The second-order valence-electron chi connectivity index (χ2n) is 6.83. The van der Waals surface area contributed by atoms with Gasteiger partial charge in [0.05, 0.1) is 11.5 Å². The second kappa shape index (κ2) is 7.48. The number of nitrogens with one attached hydrogen (secondary N) is 2. The van der Waals surface area contributed by atoms with E-state index in [1.165, 1.54) is 12.2 Å². The third-order valence-electron chi connectivity index (χ3n) is 5.01. The molecule has 0 fully saturated rings. The Morgan fingerprint density at radius 2 is 1.61 bits per heavy atom. The predicted octanol–water partition coefficient (Wildman–Crippen LogP) is 0.118. The van der Waals surface area contributed by atoms with E-state index < -0.39 is 34.3 Å². The van der Waals surface area contributed by atoms with Gasteiger partial charge in [0, 0.05) is 24.2 Å². The largest absolute Gasteiger partial charge is 0.860 e. The molecule has 10 nitrogen and oxygen atoms in total. The molecule has 0 saturated carbocycles. The van der Waals surface area contributed by atoms with E-state index >= 15 is 0 Å². The summed E-state index contributed by atoms with van der Waals surface area (Å²) in [5, 5.41) is 13.2. The van der Waals surface area contributed by atoms with Gasteiger partial charge in [-0.05, 0) is 11.9 Å². The molecular weight excluding hydrogens is 404 g/mol. The van der Waals surface area contributed by atoms with Crippen LogP contribution in [0.25, 0.3) is 0 Å². The third kappa shape index (κ3) is 3.05. The number of aromatic amines is 2. The molecule has 0 spiro atoms. The molecule has 0 radical (unpaired) electrons. The van der Waals surface area contributed by atoms with Crippen molar-refractivity contribution in [3.05, 3.63) is 108 Å². The van der Waals surface area contributed by atoms with E-state index in [2.05, 4.69) is 23.1 Å². The van der Waals surface area contributed by atoms with E-state index in [0.717, 1.165) is 9.13 Å². The lowest BCUT2D eigenvalue weighted by Crippen LogP contribution is -2.41. The van der Waals surface area contributed by atoms with Gasteiger partial charge in [0.2, 0.25) is 5.88 Å². The molecule has 2 N–H and O–H groups in total. The lowest BCUT2D eigenvalue weighted by molar-refractivity contribution is -0.281. The van der Waals surface area contributed by atoms with Crippen LogP contribution in [0.3, 0.4) is 0 Å². The fourth-order valence-corrected chi connectivity index (χ4v) is 3.69. The molecular formula is C21H17N4O6-. The summed E-state index contributed by atoms with van der Waals surface area (Å²) in [6.07, 6.45) is 2.71. The van der Waals surface area contributed by atoms with E-state index in [9.17, 15) is 24.3 Å². The molecule has 0 bridgehead atoms. The maximum atomic E-state index is 13.2. The Labute approximate surface area is 174 Å². The van der Waals surface area contributed by atoms with E-state index in [0.29, 0.717) is 5.56 Å². The minimum atomic E-state index is -1.17. The topological polar surface area (TPSA) is 142 Å². The van der Waals surface area contributed by atoms with Gasteiger partial charge in [0.25, 0.3) is 11.1 Å². The zero-order valence-electron chi connectivity index (χ0n) is 16.2. The molecule has 0 amide bonds. The summed E-state index contributed by atoms with van der Waals surface area (Å²) in [5.41, 5.74) is -3.34. The average Bonchev–Trinajstić information content (AvgIpc) is 2.73. The van der Waals surface area contributed by atoms with Crippen LogP contribution in [0, 0.1) is 0 Å². The minimum Gasteiger partial charge on any atom is -0.860 e. The van der Waals surface area contributed by atoms with Crippen LogP contribution < -0.4 is 32.3 Å². The number of benzene rings is 1. The molecule has 1 aliphatic rings. The number of hydrogen-bond donors (Lipinski definition) is 2. The van der Waals surface area contributed by atoms with E-state index in [1.807, 2.05) is 0 Å². The number of ether oxygens (including phenoxy) is 1. The predicted molar refractivity (Wildman–Crippen MR) is 110 cm³/mol. The summed E-state index contributed by atoms with van der Waals surface area (Å²) < 4.78 is 7.41. The van der Waals surface area contributed by atoms with Gasteiger partial charge in [-0.1, -0.05) is 30.4 Å². The maximum Gasteiger partial charge on any atom is 0.331 e. The number of allylic oxidation sites excluding steroid dienone is 2. The first-order valence-electron chi connectivity index (χ1n) is 9.28. The second-order valence-corrected chi connectivity index (χ2v) is 6.83. The molecule has 10 heteroatoms. The molecule has 4 rings (SSSR count). The molecule has 1 aliphatic heterocycles. The Morgan fingerprint density at radius 3 is 2.32 bits per heavy atom. The van der Waals surface area contributed by atoms with Crippen LogP contribution in [0.4, 0.5) is 0 Å². The first kappa shape index (κ1) is 20.0. The van der Waals surface area contributed by atoms with Gasteiger partial charge < -0.3 is 14.4 Å². The van der Waals surface area contributed by atoms with Crippen molar-refractivity contribution in [3.8, 4) is 17.5 Å². The fourth-order valence-electron chi connectivity index (χ4n) is 3.69. The summed E-state index contributed by atoms with van der Waals surface area (Å²) in [5.74, 6) is -1.94. The molecule has 0 aliphatic carbocycles. The number of hydrogen-bond acceptors (Lipinski definition) is 6. The number of para-hydroxylation sites is 1. The highest BCUT2D eigenvalue weighted by Crippen LogP contribution is 2.44. The van der Waals surface area contributed by atoms with Crippen LogP contribution in [0.15, 0.2) is 68.8 Å². The fraction of sp³-hybridized carbons (Fsp3) is 0.143. The van der Waals surface area contributed by atoms with Crippen molar-refractivity contribution in [3.63, 3.8) is 0 Å². The summed E-state index contributed by atoms with van der Waals surface area (Å²) in [6.45, 7) is 6.83. The summed E-state index contributed by atoms with van der Waals surface area (Å²) in [6, 6.07) is 6.51. The third-order valence-corrected chi connectivity index (χ3v) is 5.01. The Morgan fingerprint density at radius 1 is 0.968 bits per heavy atom. The summed E-state index contributed by atoms with van der Waals surface area (Å²) in [4.78, 5) is 55.2. The van der Waals surface area contributed by atoms with E-state index in [4.69, 9.17) is 4.74 Å². The molecule has 1 aromatic carbocycles. The minimum absolute atomic E-state index is 0.0909. The first-order chi connectivity index (χ1) is 14.9. The Hall–Kier alpha value is -4.34. The van der Waals surface area contributed by atoms with Crippen LogP contribution in [-0.4, -0.2) is 19.1 Å². The van der Waals surface area contributed by atoms with Crippen molar-refractivity contribution in [2.45, 2.75) is 19.0 Å². The number of H-pyrrole nitrogens is 2. The standard InChI is InChI=1S/C21H18N4O6/c1-3-9-24-18(27)14(16(26)22-20(24)29)13-11-7-5-6-8-12(11)31-17-15(13)19(28)25(10-4-2)21(30)23-17/h3-8,13,27H,1-2,9-10H2,(H,23,30)(H,22,26,29)/p-1. The average molecular weight is 421 g/mol. The lowest BCUT2D eigenvalue weighted by atomic mass is 9.85. The zero-order chi connectivity index (χ0) is 22.3. The van der Waals surface area contributed by atoms with Crippen molar-refractivity contribution in [2.75, 3.05) is 0 Å². The molecule has 3 heterocycles. The van der Waals surface area contributed by atoms with Crippen LogP contribution in [0.5, 0.6) is 17.5 Å². The highest BCUT2D eigenvalue weighted by Gasteiger charge is 2.35. The quantitative estimate of drug-likeness (QED) is 0.438. The van der Waals surface area contributed by atoms with Crippen LogP contribution in [0.2, 0.25) is 0 Å². The van der Waals surface area contributed by atoms with E-state index in [-0.39, 0.29) is 35.8 Å². The molecule has 1 atom stereocenters. The number of rotatable bonds is 5. The highest BCUT2D eigenvalue weighted by molar-refractivity contribution is 5.56. The molecule has 158 valence electrons. The van der Waals surface area contributed by atoms with Crippen LogP contribution >= 0.6 is 0 Å². The number of nitrogens with zero attached hydrogens (tertiary/aromatic N) is 2. The van der Waals surface area contributed by atoms with Gasteiger partial charge in [-0.25, -0.2) is 9.59 Å². The maximum absolute atomic E-state index is 13.2. The smallest absolute Gasteiger partial charge is 0.331 e. The molecule has 31 heavy (non-hydrogen) atoms. The normalized spacial score (nSPS) is 14.3.